The Morgan fingerprint density at radius 2 is 2.05 bits per heavy atom. The molecule has 1 aromatic heterocycles. The minimum absolute atomic E-state index is 0.231. The van der Waals surface area contributed by atoms with Gasteiger partial charge in [-0.1, -0.05) is 6.07 Å². The number of halogens is 4. The Morgan fingerprint density at radius 1 is 1.40 bits per heavy atom. The summed E-state index contributed by atoms with van der Waals surface area (Å²) in [5, 5.41) is -0.681. The quantitative estimate of drug-likeness (QED) is 0.802. The van der Waals surface area contributed by atoms with Gasteiger partial charge in [0.25, 0.3) is 5.56 Å². The maximum atomic E-state index is 12.8. The van der Waals surface area contributed by atoms with Crippen molar-refractivity contribution in [3.05, 3.63) is 39.4 Å². The fourth-order valence-corrected chi connectivity index (χ4v) is 2.03. The van der Waals surface area contributed by atoms with Crippen molar-refractivity contribution in [2.45, 2.75) is 19.6 Å². The highest BCUT2D eigenvalue weighted by atomic mass is 35.5. The van der Waals surface area contributed by atoms with Gasteiger partial charge in [0.05, 0.1) is 23.0 Å². The van der Waals surface area contributed by atoms with Crippen LogP contribution in [0.25, 0.3) is 10.9 Å². The number of alkyl halides is 3. The molecule has 0 spiro atoms. The molecule has 0 saturated heterocycles. The SMILES string of the molecule is CC(=O)Cn1c(Cl)nc2c(C(F)(F)F)cccc2c1=O. The molecular formula is C12H8ClF3N2O2. The van der Waals surface area contributed by atoms with Crippen molar-refractivity contribution >= 4 is 28.3 Å². The molecule has 2 rings (SSSR count). The molecule has 2 aromatic rings. The Balaban J connectivity index is 2.83. The molecule has 0 radical (unpaired) electrons. The summed E-state index contributed by atoms with van der Waals surface area (Å²) in [4.78, 5) is 26.7. The molecule has 20 heavy (non-hydrogen) atoms. The van der Waals surface area contributed by atoms with Gasteiger partial charge in [0.1, 0.15) is 5.78 Å². The van der Waals surface area contributed by atoms with Crippen molar-refractivity contribution < 1.29 is 18.0 Å². The van der Waals surface area contributed by atoms with E-state index in [-0.39, 0.29) is 17.7 Å². The first-order valence-corrected chi connectivity index (χ1v) is 5.85. The number of fused-ring (bicyclic) bond motifs is 1. The second-order valence-corrected chi connectivity index (χ2v) is 4.51. The van der Waals surface area contributed by atoms with Crippen LogP contribution in [0.4, 0.5) is 13.2 Å². The molecule has 0 amide bonds. The van der Waals surface area contributed by atoms with E-state index < -0.39 is 28.1 Å². The Bertz CT molecular complexity index is 753. The van der Waals surface area contributed by atoms with E-state index in [0.717, 1.165) is 16.7 Å². The minimum Gasteiger partial charge on any atom is -0.298 e. The van der Waals surface area contributed by atoms with Crippen LogP contribution in [-0.4, -0.2) is 15.3 Å². The number of aromatic nitrogens is 2. The summed E-state index contributed by atoms with van der Waals surface area (Å²) in [6, 6.07) is 3.15. The lowest BCUT2D eigenvalue weighted by Crippen LogP contribution is -2.26. The van der Waals surface area contributed by atoms with E-state index in [1.165, 1.54) is 13.0 Å². The fourth-order valence-electron chi connectivity index (χ4n) is 1.81. The predicted octanol–water partition coefficient (Wildman–Crippen LogP) is 2.66. The number of para-hydroxylation sites is 1. The monoisotopic (exact) mass is 304 g/mol. The topological polar surface area (TPSA) is 52.0 Å². The van der Waals surface area contributed by atoms with Gasteiger partial charge >= 0.3 is 6.18 Å². The normalized spacial score (nSPS) is 11.8. The molecule has 0 saturated carbocycles. The first-order valence-electron chi connectivity index (χ1n) is 5.47. The second kappa shape index (κ2) is 4.90. The van der Waals surface area contributed by atoms with Crippen LogP contribution < -0.4 is 5.56 Å². The van der Waals surface area contributed by atoms with Gasteiger partial charge in [-0.05, 0) is 30.7 Å². The van der Waals surface area contributed by atoms with Crippen LogP contribution in [0.5, 0.6) is 0 Å². The molecule has 0 atom stereocenters. The molecule has 4 nitrogen and oxygen atoms in total. The lowest BCUT2D eigenvalue weighted by atomic mass is 10.1. The van der Waals surface area contributed by atoms with E-state index >= 15 is 0 Å². The largest absolute Gasteiger partial charge is 0.418 e. The third-order valence-corrected chi connectivity index (χ3v) is 2.91. The summed E-state index contributed by atoms with van der Waals surface area (Å²) in [6.45, 7) is 0.899. The van der Waals surface area contributed by atoms with E-state index in [0.29, 0.717) is 0 Å². The molecular weight excluding hydrogens is 297 g/mol. The van der Waals surface area contributed by atoms with Crippen LogP contribution in [0.2, 0.25) is 5.28 Å². The minimum atomic E-state index is -4.64. The van der Waals surface area contributed by atoms with E-state index in [9.17, 15) is 22.8 Å². The molecule has 0 unspecified atom stereocenters. The first-order chi connectivity index (χ1) is 9.21. The molecule has 0 aliphatic heterocycles. The third kappa shape index (κ3) is 2.53. The standard InChI is InChI=1S/C12H8ClF3N2O2/c1-6(19)5-18-10(20)7-3-2-4-8(12(14,15)16)9(7)17-11(18)13/h2-4H,5H2,1H3. The number of hydrogen-bond acceptors (Lipinski definition) is 3. The van der Waals surface area contributed by atoms with Gasteiger partial charge < -0.3 is 0 Å². The van der Waals surface area contributed by atoms with Crippen molar-refractivity contribution in [1.29, 1.82) is 0 Å². The van der Waals surface area contributed by atoms with Crippen molar-refractivity contribution in [3.8, 4) is 0 Å². The first kappa shape index (κ1) is 14.5. The molecule has 0 bridgehead atoms. The van der Waals surface area contributed by atoms with Crippen LogP contribution in [0, 0.1) is 0 Å². The summed E-state index contributed by atoms with van der Waals surface area (Å²) in [6.07, 6.45) is -4.64. The van der Waals surface area contributed by atoms with Gasteiger partial charge in [0.2, 0.25) is 5.28 Å². The molecule has 8 heteroatoms. The maximum absolute atomic E-state index is 12.8. The van der Waals surface area contributed by atoms with Gasteiger partial charge in [-0.25, -0.2) is 4.98 Å². The van der Waals surface area contributed by atoms with Crippen LogP contribution in [0.3, 0.4) is 0 Å². The van der Waals surface area contributed by atoms with Gasteiger partial charge in [-0.2, -0.15) is 13.2 Å². The Labute approximate surface area is 115 Å². The molecule has 0 aliphatic carbocycles. The third-order valence-electron chi connectivity index (χ3n) is 2.62. The summed E-state index contributed by atoms with van der Waals surface area (Å²) in [7, 11) is 0. The van der Waals surface area contributed by atoms with Gasteiger partial charge in [0, 0.05) is 0 Å². The zero-order valence-electron chi connectivity index (χ0n) is 10.2. The highest BCUT2D eigenvalue weighted by molar-refractivity contribution is 6.28. The average molecular weight is 305 g/mol. The van der Waals surface area contributed by atoms with Crippen molar-refractivity contribution in [3.63, 3.8) is 0 Å². The van der Waals surface area contributed by atoms with E-state index in [4.69, 9.17) is 11.6 Å². The summed E-state index contributed by atoms with van der Waals surface area (Å²) in [5.74, 6) is -0.359. The number of rotatable bonds is 2. The average Bonchev–Trinajstić information content (AvgIpc) is 2.32. The van der Waals surface area contributed by atoms with Crippen molar-refractivity contribution in [2.75, 3.05) is 0 Å². The van der Waals surface area contributed by atoms with Crippen molar-refractivity contribution in [2.24, 2.45) is 0 Å². The Hall–Kier alpha value is -1.89. The van der Waals surface area contributed by atoms with Crippen molar-refractivity contribution in [1.82, 2.24) is 9.55 Å². The predicted molar refractivity (Wildman–Crippen MR) is 66.7 cm³/mol. The summed E-state index contributed by atoms with van der Waals surface area (Å²) < 4.78 is 39.4. The zero-order chi connectivity index (χ0) is 15.1. The number of nitrogens with zero attached hydrogens (tertiary/aromatic N) is 2. The number of ketones is 1. The Kier molecular flexibility index (Phi) is 3.56. The number of benzene rings is 1. The van der Waals surface area contributed by atoms with Crippen LogP contribution in [-0.2, 0) is 17.5 Å². The van der Waals surface area contributed by atoms with E-state index in [2.05, 4.69) is 4.98 Å². The summed E-state index contributed by atoms with van der Waals surface area (Å²) >= 11 is 5.71. The highest BCUT2D eigenvalue weighted by Crippen LogP contribution is 2.33. The smallest absolute Gasteiger partial charge is 0.298 e. The van der Waals surface area contributed by atoms with Crippen LogP contribution >= 0.6 is 11.6 Å². The van der Waals surface area contributed by atoms with E-state index in [1.54, 1.807) is 0 Å². The number of carbonyl (C=O) groups excluding carboxylic acids is 1. The van der Waals surface area contributed by atoms with E-state index in [1.807, 2.05) is 0 Å². The molecule has 0 aliphatic rings. The molecule has 0 fully saturated rings. The van der Waals surface area contributed by atoms with Gasteiger partial charge in [0.15, 0.2) is 0 Å². The molecule has 106 valence electrons. The number of Topliss-reactive ketones (excluding diaryl/α,β-unsaturated/α-hetero) is 1. The maximum Gasteiger partial charge on any atom is 0.418 e. The summed E-state index contributed by atoms with van der Waals surface area (Å²) in [5.41, 5.74) is -2.33. The molecule has 1 aromatic carbocycles. The van der Waals surface area contributed by atoms with Gasteiger partial charge in [-0.15, -0.1) is 0 Å². The fraction of sp³-hybridized carbons (Fsp3) is 0.250. The lowest BCUT2D eigenvalue weighted by molar-refractivity contribution is -0.136. The molecule has 0 N–H and O–H groups in total. The second-order valence-electron chi connectivity index (χ2n) is 4.17. The zero-order valence-corrected chi connectivity index (χ0v) is 10.9. The number of carbonyl (C=O) groups is 1. The van der Waals surface area contributed by atoms with Crippen LogP contribution in [0.1, 0.15) is 12.5 Å². The lowest BCUT2D eigenvalue weighted by Gasteiger charge is -2.12. The highest BCUT2D eigenvalue weighted by Gasteiger charge is 2.34. The number of hydrogen-bond donors (Lipinski definition) is 0. The molecule has 1 heterocycles. The van der Waals surface area contributed by atoms with Crippen LogP contribution in [0.15, 0.2) is 23.0 Å². The van der Waals surface area contributed by atoms with Gasteiger partial charge in [-0.3, -0.25) is 14.2 Å². The Morgan fingerprint density at radius 3 is 2.60 bits per heavy atom.